The number of allylic oxidation sites excluding steroid dienone is 2. The first-order valence-corrected chi connectivity index (χ1v) is 5.22. The zero-order valence-corrected chi connectivity index (χ0v) is 8.47. The highest BCUT2D eigenvalue weighted by molar-refractivity contribution is 8.00. The zero-order valence-electron chi connectivity index (χ0n) is 7.66. The maximum absolute atomic E-state index is 4.36. The van der Waals surface area contributed by atoms with Crippen LogP contribution in [0, 0.1) is 0 Å². The van der Waals surface area contributed by atoms with E-state index in [4.69, 9.17) is 0 Å². The molecule has 0 N–H and O–H groups in total. The monoisotopic (exact) mass is 181 g/mol. The molecule has 1 rings (SSSR count). The molecule has 0 spiro atoms. The Morgan fingerprint density at radius 1 is 1.75 bits per heavy atom. The molecule has 2 unspecified atom stereocenters. The van der Waals surface area contributed by atoms with Gasteiger partial charge in [0.25, 0.3) is 0 Å². The Hall–Kier alpha value is -0.500. The Balaban J connectivity index is 2.52. The van der Waals surface area contributed by atoms with Gasteiger partial charge in [0, 0.05) is 17.2 Å². The molecule has 0 fully saturated rings. The van der Waals surface area contributed by atoms with E-state index in [0.717, 1.165) is 11.3 Å². The van der Waals surface area contributed by atoms with E-state index in [2.05, 4.69) is 30.6 Å². The van der Waals surface area contributed by atoms with Crippen molar-refractivity contribution in [3.05, 3.63) is 24.3 Å². The van der Waals surface area contributed by atoms with Gasteiger partial charge in [-0.15, -0.1) is 11.8 Å². The largest absolute Gasteiger partial charge is 0.292 e. The summed E-state index contributed by atoms with van der Waals surface area (Å²) in [4.78, 5) is 4.36. The number of rotatable bonds is 2. The summed E-state index contributed by atoms with van der Waals surface area (Å²) in [6.07, 6.45) is 6.28. The van der Waals surface area contributed by atoms with Gasteiger partial charge in [-0.25, -0.2) is 0 Å². The van der Waals surface area contributed by atoms with Gasteiger partial charge in [-0.05, 0) is 13.8 Å². The fourth-order valence-electron chi connectivity index (χ4n) is 1.06. The van der Waals surface area contributed by atoms with Crippen LogP contribution in [-0.2, 0) is 0 Å². The Labute approximate surface area is 78.7 Å². The molecule has 0 aromatic heterocycles. The van der Waals surface area contributed by atoms with Gasteiger partial charge in [0.05, 0.1) is 6.04 Å². The van der Waals surface area contributed by atoms with E-state index in [1.165, 1.54) is 0 Å². The lowest BCUT2D eigenvalue weighted by Gasteiger charge is -2.19. The predicted molar refractivity (Wildman–Crippen MR) is 58.2 cm³/mol. The number of aliphatic imine (C=N–C) groups is 1. The summed E-state index contributed by atoms with van der Waals surface area (Å²) < 4.78 is 0. The third kappa shape index (κ3) is 2.86. The predicted octanol–water partition coefficient (Wildman–Crippen LogP) is 2.69. The number of hydrogen-bond donors (Lipinski definition) is 0. The highest BCUT2D eigenvalue weighted by Gasteiger charge is 2.15. The van der Waals surface area contributed by atoms with E-state index < -0.39 is 0 Å². The normalized spacial score (nSPS) is 29.5. The van der Waals surface area contributed by atoms with Crippen molar-refractivity contribution in [2.75, 3.05) is 5.75 Å². The van der Waals surface area contributed by atoms with Crippen LogP contribution in [0.3, 0.4) is 0 Å². The summed E-state index contributed by atoms with van der Waals surface area (Å²) in [6.45, 7) is 7.99. The van der Waals surface area contributed by atoms with Crippen molar-refractivity contribution < 1.29 is 0 Å². The van der Waals surface area contributed by atoms with E-state index in [1.54, 1.807) is 0 Å². The van der Waals surface area contributed by atoms with Gasteiger partial charge in [0.2, 0.25) is 0 Å². The fourth-order valence-corrected chi connectivity index (χ4v) is 2.00. The topological polar surface area (TPSA) is 12.4 Å². The number of thioether (sulfide) groups is 1. The maximum atomic E-state index is 4.36. The van der Waals surface area contributed by atoms with E-state index >= 15 is 0 Å². The van der Waals surface area contributed by atoms with Gasteiger partial charge in [-0.2, -0.15) is 0 Å². The minimum absolute atomic E-state index is 0.416. The molecule has 0 aromatic rings. The molecule has 0 saturated heterocycles. The average Bonchev–Trinajstić information content (AvgIpc) is 2.03. The molecule has 0 bridgehead atoms. The lowest BCUT2D eigenvalue weighted by molar-refractivity contribution is 0.771. The van der Waals surface area contributed by atoms with Crippen LogP contribution in [0.5, 0.6) is 0 Å². The van der Waals surface area contributed by atoms with E-state index in [-0.39, 0.29) is 0 Å². The molecule has 0 aliphatic carbocycles. The molecule has 2 heteroatoms. The summed E-state index contributed by atoms with van der Waals surface area (Å²) in [5, 5.41) is 0.534. The van der Waals surface area contributed by atoms with Gasteiger partial charge in [0.15, 0.2) is 0 Å². The van der Waals surface area contributed by atoms with Crippen LogP contribution in [0.15, 0.2) is 29.3 Å². The highest BCUT2D eigenvalue weighted by Crippen LogP contribution is 2.21. The second kappa shape index (κ2) is 4.51. The van der Waals surface area contributed by atoms with Crippen LogP contribution in [0.2, 0.25) is 0 Å². The number of nitrogens with zero attached hydrogens (tertiary/aromatic N) is 1. The summed E-state index contributed by atoms with van der Waals surface area (Å²) in [7, 11) is 0. The van der Waals surface area contributed by atoms with Gasteiger partial charge in [0.1, 0.15) is 0 Å². The third-order valence-electron chi connectivity index (χ3n) is 1.75. The van der Waals surface area contributed by atoms with Crippen LogP contribution in [0.1, 0.15) is 13.8 Å². The number of hydrogen-bond acceptors (Lipinski definition) is 2. The van der Waals surface area contributed by atoms with Crippen LogP contribution >= 0.6 is 11.8 Å². The zero-order chi connectivity index (χ0) is 8.97. The lowest BCUT2D eigenvalue weighted by Crippen LogP contribution is -2.20. The first kappa shape index (κ1) is 9.59. The van der Waals surface area contributed by atoms with Gasteiger partial charge in [-0.3, -0.25) is 4.99 Å². The molecule has 0 amide bonds. The maximum Gasteiger partial charge on any atom is 0.0621 e. The molecule has 0 saturated carbocycles. The summed E-state index contributed by atoms with van der Waals surface area (Å²) in [6, 6.07) is 0.416. The van der Waals surface area contributed by atoms with Gasteiger partial charge in [-0.1, -0.05) is 24.3 Å². The van der Waals surface area contributed by atoms with Crippen LogP contribution < -0.4 is 0 Å². The Morgan fingerprint density at radius 3 is 3.08 bits per heavy atom. The second-order valence-electron chi connectivity index (χ2n) is 3.08. The SMILES string of the molecule is C=C(C)/C=C\C1SCC=NC1C. The molecule has 1 aliphatic heterocycles. The van der Waals surface area contributed by atoms with Crippen molar-refractivity contribution in [3.63, 3.8) is 0 Å². The molecule has 2 atom stereocenters. The van der Waals surface area contributed by atoms with Crippen molar-refractivity contribution in [1.29, 1.82) is 0 Å². The Kier molecular flexibility index (Phi) is 3.60. The van der Waals surface area contributed by atoms with Crippen molar-refractivity contribution in [3.8, 4) is 0 Å². The molecule has 1 aliphatic rings. The van der Waals surface area contributed by atoms with Crippen LogP contribution in [-0.4, -0.2) is 23.3 Å². The molecule has 1 nitrogen and oxygen atoms in total. The Morgan fingerprint density at radius 2 is 2.50 bits per heavy atom. The third-order valence-corrected chi connectivity index (χ3v) is 3.03. The van der Waals surface area contributed by atoms with Crippen molar-refractivity contribution in [2.45, 2.75) is 25.1 Å². The molecule has 1 heterocycles. The molecule has 12 heavy (non-hydrogen) atoms. The average molecular weight is 181 g/mol. The first-order valence-electron chi connectivity index (χ1n) is 4.17. The van der Waals surface area contributed by atoms with Crippen LogP contribution in [0.25, 0.3) is 0 Å². The molecular formula is C10H15NS. The summed E-state index contributed by atoms with van der Waals surface area (Å²) in [5.74, 6) is 1.04. The summed E-state index contributed by atoms with van der Waals surface area (Å²) in [5.41, 5.74) is 1.11. The van der Waals surface area contributed by atoms with E-state index in [1.807, 2.05) is 24.9 Å². The minimum atomic E-state index is 0.416. The van der Waals surface area contributed by atoms with Gasteiger partial charge >= 0.3 is 0 Å². The summed E-state index contributed by atoms with van der Waals surface area (Å²) >= 11 is 1.94. The first-order chi connectivity index (χ1) is 5.70. The molecule has 0 aromatic carbocycles. The van der Waals surface area contributed by atoms with E-state index in [9.17, 15) is 0 Å². The Bertz CT molecular complexity index is 218. The molecule has 0 radical (unpaired) electrons. The van der Waals surface area contributed by atoms with E-state index in [0.29, 0.717) is 11.3 Å². The standard InChI is InChI=1S/C10H15NS/c1-8(2)4-5-10-9(3)11-6-7-12-10/h4-6,9-10H,1,7H2,2-3H3/b5-4-. The highest BCUT2D eigenvalue weighted by atomic mass is 32.2. The van der Waals surface area contributed by atoms with Crippen molar-refractivity contribution >= 4 is 18.0 Å². The van der Waals surface area contributed by atoms with Crippen molar-refractivity contribution in [1.82, 2.24) is 0 Å². The quantitative estimate of drug-likeness (QED) is 0.597. The fraction of sp³-hybridized carbons (Fsp3) is 0.500. The minimum Gasteiger partial charge on any atom is -0.292 e. The molecular weight excluding hydrogens is 166 g/mol. The second-order valence-corrected chi connectivity index (χ2v) is 4.29. The smallest absolute Gasteiger partial charge is 0.0621 e. The molecule has 66 valence electrons. The van der Waals surface area contributed by atoms with Crippen LogP contribution in [0.4, 0.5) is 0 Å². The van der Waals surface area contributed by atoms with Crippen molar-refractivity contribution in [2.24, 2.45) is 4.99 Å². The lowest BCUT2D eigenvalue weighted by atomic mass is 10.2. The van der Waals surface area contributed by atoms with Gasteiger partial charge < -0.3 is 0 Å².